The van der Waals surface area contributed by atoms with Crippen LogP contribution in [-0.4, -0.2) is 30.8 Å². The maximum Gasteiger partial charge on any atom is 0.141 e. The Bertz CT molecular complexity index is 1100. The van der Waals surface area contributed by atoms with E-state index in [1.165, 1.54) is 30.0 Å². The van der Waals surface area contributed by atoms with Gasteiger partial charge in [-0.05, 0) is 53.1 Å². The number of halogens is 1. The van der Waals surface area contributed by atoms with Crippen molar-refractivity contribution in [3.63, 3.8) is 0 Å². The molecule has 1 saturated carbocycles. The summed E-state index contributed by atoms with van der Waals surface area (Å²) in [6, 6.07) is 11.3. The van der Waals surface area contributed by atoms with E-state index in [9.17, 15) is 4.39 Å². The number of morpholine rings is 1. The first-order chi connectivity index (χ1) is 14.7. The van der Waals surface area contributed by atoms with E-state index in [1.54, 1.807) is 17.4 Å². The standard InChI is InChI=1S/C24H22FN3OS/c25-22-10-16(3-4-17(22)11-26)21-9-18(15-1-2-15)7-19(8-20-12-27-5-6-29-20)24(21)23-13-28-14-30-23/h3-4,7,9-10,13-15,20,27H,1-2,5-6,8,12H2. The van der Waals surface area contributed by atoms with Crippen LogP contribution in [0.1, 0.15) is 35.4 Å². The van der Waals surface area contributed by atoms with Crippen LogP contribution in [0.15, 0.2) is 42.0 Å². The minimum atomic E-state index is -0.483. The zero-order valence-electron chi connectivity index (χ0n) is 16.5. The molecule has 3 aromatic rings. The number of benzene rings is 2. The molecular formula is C24H22FN3OS. The molecule has 2 heterocycles. The first kappa shape index (κ1) is 19.4. The SMILES string of the molecule is N#Cc1ccc(-c2cc(C3CC3)cc(CC3CNCCO3)c2-c2cncs2)cc1F. The van der Waals surface area contributed by atoms with E-state index in [0.717, 1.165) is 47.7 Å². The predicted octanol–water partition coefficient (Wildman–Crippen LogP) is 4.90. The molecular weight excluding hydrogens is 397 g/mol. The number of hydrogen-bond acceptors (Lipinski definition) is 5. The van der Waals surface area contributed by atoms with Crippen molar-refractivity contribution in [3.05, 3.63) is 64.5 Å². The van der Waals surface area contributed by atoms with Crippen molar-refractivity contribution in [1.29, 1.82) is 5.26 Å². The molecule has 0 bridgehead atoms. The van der Waals surface area contributed by atoms with Crippen LogP contribution in [0.3, 0.4) is 0 Å². The molecule has 2 aromatic carbocycles. The Hall–Kier alpha value is -2.59. The predicted molar refractivity (Wildman–Crippen MR) is 116 cm³/mol. The first-order valence-electron chi connectivity index (χ1n) is 10.3. The summed E-state index contributed by atoms with van der Waals surface area (Å²) < 4.78 is 20.5. The van der Waals surface area contributed by atoms with Crippen molar-refractivity contribution in [2.24, 2.45) is 0 Å². The fraction of sp³-hybridized carbons (Fsp3) is 0.333. The van der Waals surface area contributed by atoms with E-state index in [4.69, 9.17) is 10.00 Å². The fourth-order valence-electron chi connectivity index (χ4n) is 4.17. The van der Waals surface area contributed by atoms with E-state index in [0.29, 0.717) is 5.92 Å². The number of aromatic nitrogens is 1. The summed E-state index contributed by atoms with van der Waals surface area (Å²) in [5.41, 5.74) is 7.32. The Balaban J connectivity index is 1.67. The average molecular weight is 420 g/mol. The molecule has 0 amide bonds. The molecule has 1 N–H and O–H groups in total. The smallest absolute Gasteiger partial charge is 0.141 e. The van der Waals surface area contributed by atoms with Gasteiger partial charge in [0.05, 0.1) is 28.7 Å². The molecule has 5 rings (SSSR count). The molecule has 1 aliphatic heterocycles. The Morgan fingerprint density at radius 3 is 2.83 bits per heavy atom. The third-order valence-corrected chi connectivity index (χ3v) is 6.61. The van der Waals surface area contributed by atoms with Gasteiger partial charge < -0.3 is 10.1 Å². The normalized spacial score (nSPS) is 18.9. The van der Waals surface area contributed by atoms with Gasteiger partial charge in [0.15, 0.2) is 0 Å². The van der Waals surface area contributed by atoms with E-state index in [1.807, 2.05) is 23.8 Å². The topological polar surface area (TPSA) is 57.9 Å². The summed E-state index contributed by atoms with van der Waals surface area (Å²) in [6.07, 6.45) is 5.19. The van der Waals surface area contributed by atoms with Crippen molar-refractivity contribution < 1.29 is 9.13 Å². The summed E-state index contributed by atoms with van der Waals surface area (Å²) in [5, 5.41) is 12.5. The number of rotatable bonds is 5. The molecule has 1 unspecified atom stereocenters. The van der Waals surface area contributed by atoms with Gasteiger partial charge in [-0.3, -0.25) is 4.98 Å². The summed E-state index contributed by atoms with van der Waals surface area (Å²) in [4.78, 5) is 5.36. The van der Waals surface area contributed by atoms with Crippen molar-refractivity contribution in [2.75, 3.05) is 19.7 Å². The summed E-state index contributed by atoms with van der Waals surface area (Å²) in [7, 11) is 0. The average Bonchev–Trinajstić information content (AvgIpc) is 3.49. The molecule has 152 valence electrons. The van der Waals surface area contributed by atoms with E-state index in [2.05, 4.69) is 22.4 Å². The summed E-state index contributed by atoms with van der Waals surface area (Å²) >= 11 is 1.59. The van der Waals surface area contributed by atoms with Crippen LogP contribution in [0.2, 0.25) is 0 Å². The number of nitrogens with one attached hydrogen (secondary N) is 1. The molecule has 1 atom stereocenters. The number of nitrogens with zero attached hydrogens (tertiary/aromatic N) is 2. The maximum atomic E-state index is 14.5. The lowest BCUT2D eigenvalue weighted by Crippen LogP contribution is -2.39. The number of nitriles is 1. The van der Waals surface area contributed by atoms with E-state index in [-0.39, 0.29) is 11.7 Å². The van der Waals surface area contributed by atoms with Gasteiger partial charge in [0.25, 0.3) is 0 Å². The largest absolute Gasteiger partial charge is 0.375 e. The van der Waals surface area contributed by atoms with Crippen LogP contribution in [0.25, 0.3) is 21.6 Å². The Morgan fingerprint density at radius 2 is 2.17 bits per heavy atom. The second-order valence-electron chi connectivity index (χ2n) is 7.95. The zero-order chi connectivity index (χ0) is 20.5. The lowest BCUT2D eigenvalue weighted by atomic mass is 9.88. The Morgan fingerprint density at radius 1 is 1.27 bits per heavy atom. The maximum absolute atomic E-state index is 14.5. The van der Waals surface area contributed by atoms with Gasteiger partial charge in [0.1, 0.15) is 11.9 Å². The number of thiazole rings is 1. The van der Waals surface area contributed by atoms with Gasteiger partial charge in [0, 0.05) is 31.3 Å². The molecule has 4 nitrogen and oxygen atoms in total. The molecule has 6 heteroatoms. The third-order valence-electron chi connectivity index (χ3n) is 5.82. The van der Waals surface area contributed by atoms with E-state index < -0.39 is 5.82 Å². The van der Waals surface area contributed by atoms with Crippen LogP contribution in [0.4, 0.5) is 4.39 Å². The third kappa shape index (κ3) is 3.89. The monoisotopic (exact) mass is 419 g/mol. The molecule has 1 aliphatic carbocycles. The molecule has 0 spiro atoms. The van der Waals surface area contributed by atoms with E-state index >= 15 is 0 Å². The molecule has 2 aliphatic rings. The molecule has 1 aromatic heterocycles. The zero-order valence-corrected chi connectivity index (χ0v) is 17.3. The van der Waals surface area contributed by atoms with Crippen molar-refractivity contribution in [2.45, 2.75) is 31.3 Å². The van der Waals surface area contributed by atoms with Gasteiger partial charge in [-0.1, -0.05) is 18.2 Å². The molecule has 1 saturated heterocycles. The summed E-state index contributed by atoms with van der Waals surface area (Å²) in [6.45, 7) is 2.43. The summed E-state index contributed by atoms with van der Waals surface area (Å²) in [5.74, 6) is 0.0927. The quantitative estimate of drug-likeness (QED) is 0.639. The van der Waals surface area contributed by atoms with Gasteiger partial charge in [-0.15, -0.1) is 11.3 Å². The van der Waals surface area contributed by atoms with Crippen LogP contribution >= 0.6 is 11.3 Å². The van der Waals surface area contributed by atoms with Crippen LogP contribution in [0.5, 0.6) is 0 Å². The lowest BCUT2D eigenvalue weighted by molar-refractivity contribution is 0.0293. The van der Waals surface area contributed by atoms with Crippen LogP contribution < -0.4 is 5.32 Å². The Labute approximate surface area is 179 Å². The van der Waals surface area contributed by atoms with Crippen LogP contribution in [0, 0.1) is 17.1 Å². The first-order valence-corrected chi connectivity index (χ1v) is 11.2. The highest BCUT2D eigenvalue weighted by atomic mass is 32.1. The fourth-order valence-corrected chi connectivity index (χ4v) is 4.88. The second-order valence-corrected chi connectivity index (χ2v) is 8.84. The van der Waals surface area contributed by atoms with Gasteiger partial charge in [-0.2, -0.15) is 5.26 Å². The van der Waals surface area contributed by atoms with Crippen molar-refractivity contribution in [1.82, 2.24) is 10.3 Å². The van der Waals surface area contributed by atoms with Crippen molar-refractivity contribution >= 4 is 11.3 Å². The highest BCUT2D eigenvalue weighted by Gasteiger charge is 2.28. The Kier molecular flexibility index (Phi) is 5.34. The van der Waals surface area contributed by atoms with Gasteiger partial charge in [0.2, 0.25) is 0 Å². The highest BCUT2D eigenvalue weighted by molar-refractivity contribution is 7.13. The van der Waals surface area contributed by atoms with Gasteiger partial charge >= 0.3 is 0 Å². The number of hydrogen-bond donors (Lipinski definition) is 1. The lowest BCUT2D eigenvalue weighted by Gasteiger charge is -2.25. The minimum absolute atomic E-state index is 0.0679. The molecule has 0 radical (unpaired) electrons. The number of ether oxygens (including phenoxy) is 1. The van der Waals surface area contributed by atoms with Crippen molar-refractivity contribution in [3.8, 4) is 27.6 Å². The molecule has 30 heavy (non-hydrogen) atoms. The second kappa shape index (κ2) is 8.27. The van der Waals surface area contributed by atoms with Crippen LogP contribution in [-0.2, 0) is 11.2 Å². The highest BCUT2D eigenvalue weighted by Crippen LogP contribution is 2.46. The van der Waals surface area contributed by atoms with Gasteiger partial charge in [-0.25, -0.2) is 4.39 Å². The minimum Gasteiger partial charge on any atom is -0.375 e. The molecule has 2 fully saturated rings.